The van der Waals surface area contributed by atoms with Crippen molar-refractivity contribution in [3.63, 3.8) is 0 Å². The molecule has 4 rings (SSSR count). The first-order valence-corrected chi connectivity index (χ1v) is 13.7. The number of ether oxygens (including phenoxy) is 2. The molecule has 37 heavy (non-hydrogen) atoms. The minimum absolute atomic E-state index is 0.101. The highest BCUT2D eigenvalue weighted by Crippen LogP contribution is 2.33. The van der Waals surface area contributed by atoms with Crippen LogP contribution < -0.4 is 15.0 Å². The summed E-state index contributed by atoms with van der Waals surface area (Å²) in [6, 6.07) is 11.6. The van der Waals surface area contributed by atoms with Gasteiger partial charge in [-0.1, -0.05) is 49.2 Å². The smallest absolute Gasteiger partial charge is 0.308 e. The second kappa shape index (κ2) is 12.9. The van der Waals surface area contributed by atoms with E-state index in [1.54, 1.807) is 13.8 Å². The van der Waals surface area contributed by atoms with Crippen LogP contribution >= 0.6 is 23.2 Å². The number of piperazine rings is 1. The number of esters is 1. The van der Waals surface area contributed by atoms with Crippen molar-refractivity contribution in [1.82, 2.24) is 4.90 Å². The van der Waals surface area contributed by atoms with Crippen LogP contribution in [0.25, 0.3) is 0 Å². The Bertz CT molecular complexity index is 1100. The molecule has 1 amide bonds. The van der Waals surface area contributed by atoms with Gasteiger partial charge in [0, 0.05) is 37.9 Å². The molecule has 2 aromatic carbocycles. The van der Waals surface area contributed by atoms with Gasteiger partial charge in [-0.2, -0.15) is 0 Å². The predicted molar refractivity (Wildman–Crippen MR) is 148 cm³/mol. The Labute approximate surface area is 229 Å². The monoisotopic (exact) mass is 547 g/mol. The van der Waals surface area contributed by atoms with E-state index in [9.17, 15) is 9.59 Å². The van der Waals surface area contributed by atoms with Crippen molar-refractivity contribution < 1.29 is 19.1 Å². The average Bonchev–Trinajstić information content (AvgIpc) is 2.89. The van der Waals surface area contributed by atoms with Crippen LogP contribution in [0.3, 0.4) is 0 Å². The van der Waals surface area contributed by atoms with Gasteiger partial charge in [0.05, 0.1) is 34.2 Å². The molecule has 2 aliphatic rings. The molecule has 9 heteroatoms. The van der Waals surface area contributed by atoms with Gasteiger partial charge in [0.1, 0.15) is 12.4 Å². The van der Waals surface area contributed by atoms with Crippen LogP contribution in [0, 0.1) is 11.8 Å². The van der Waals surface area contributed by atoms with Crippen molar-refractivity contribution in [2.24, 2.45) is 11.8 Å². The van der Waals surface area contributed by atoms with Crippen molar-refractivity contribution >= 4 is 46.5 Å². The second-order valence-electron chi connectivity index (χ2n) is 9.95. The molecular formula is C28H35Cl2N3O4. The fourth-order valence-electron chi connectivity index (χ4n) is 4.59. The predicted octanol–water partition coefficient (Wildman–Crippen LogP) is 5.28. The molecule has 1 unspecified atom stereocenters. The zero-order chi connectivity index (χ0) is 26.4. The van der Waals surface area contributed by atoms with Crippen LogP contribution in [0.4, 0.5) is 11.4 Å². The zero-order valence-corrected chi connectivity index (χ0v) is 23.0. The summed E-state index contributed by atoms with van der Waals surface area (Å²) in [5.74, 6) is -0.240. The van der Waals surface area contributed by atoms with Gasteiger partial charge < -0.3 is 19.7 Å². The van der Waals surface area contributed by atoms with Crippen molar-refractivity contribution in [3.05, 3.63) is 52.0 Å². The normalized spacial score (nSPS) is 17.9. The SMILES string of the molecule is CC(C)C(=O)OCC1Cc2ccc(OCCCCN3CCN(c4cccc(Cl)c4Cl)CC3)cc2NC1=O. The second-order valence-corrected chi connectivity index (χ2v) is 10.7. The van der Waals surface area contributed by atoms with E-state index >= 15 is 0 Å². The van der Waals surface area contributed by atoms with Crippen LogP contribution in [0.2, 0.25) is 10.0 Å². The highest BCUT2D eigenvalue weighted by Gasteiger charge is 2.28. The molecule has 1 N–H and O–H groups in total. The number of hydrogen-bond acceptors (Lipinski definition) is 6. The minimum Gasteiger partial charge on any atom is -0.494 e. The van der Waals surface area contributed by atoms with Gasteiger partial charge in [0.2, 0.25) is 5.91 Å². The van der Waals surface area contributed by atoms with Crippen molar-refractivity contribution in [3.8, 4) is 5.75 Å². The molecule has 0 saturated carbocycles. The number of benzene rings is 2. The van der Waals surface area contributed by atoms with E-state index < -0.39 is 0 Å². The summed E-state index contributed by atoms with van der Waals surface area (Å²) in [5, 5.41) is 4.16. The number of unbranched alkanes of at least 4 members (excludes halogenated alkanes) is 1. The first kappa shape index (κ1) is 27.6. The average molecular weight is 549 g/mol. The molecule has 0 bridgehead atoms. The molecule has 2 aromatic rings. The van der Waals surface area contributed by atoms with Gasteiger partial charge in [0.25, 0.3) is 0 Å². The highest BCUT2D eigenvalue weighted by molar-refractivity contribution is 6.43. The van der Waals surface area contributed by atoms with Crippen LogP contribution in [-0.2, 0) is 20.7 Å². The fourth-order valence-corrected chi connectivity index (χ4v) is 5.01. The fraction of sp³-hybridized carbons (Fsp3) is 0.500. The number of fused-ring (bicyclic) bond motifs is 1. The number of nitrogens with zero attached hydrogens (tertiary/aromatic N) is 2. The maximum atomic E-state index is 12.5. The first-order valence-electron chi connectivity index (χ1n) is 13.0. The molecule has 0 spiro atoms. The van der Waals surface area contributed by atoms with Crippen LogP contribution in [-0.4, -0.2) is 62.7 Å². The van der Waals surface area contributed by atoms with E-state index in [-0.39, 0.29) is 30.3 Å². The summed E-state index contributed by atoms with van der Waals surface area (Å²) in [4.78, 5) is 29.0. The molecule has 1 atom stereocenters. The first-order chi connectivity index (χ1) is 17.8. The third-order valence-corrected chi connectivity index (χ3v) is 7.67. The Morgan fingerprint density at radius 3 is 2.65 bits per heavy atom. The number of rotatable bonds is 10. The third kappa shape index (κ3) is 7.30. The van der Waals surface area contributed by atoms with E-state index in [1.807, 2.05) is 36.4 Å². The Hall–Kier alpha value is -2.48. The molecule has 0 radical (unpaired) electrons. The zero-order valence-electron chi connectivity index (χ0n) is 21.5. The van der Waals surface area contributed by atoms with Crippen LogP contribution in [0.5, 0.6) is 5.75 Å². The summed E-state index contributed by atoms with van der Waals surface area (Å²) in [6.07, 6.45) is 2.55. The molecule has 0 aromatic heterocycles. The van der Waals surface area contributed by atoms with E-state index in [1.165, 1.54) is 0 Å². The number of carbonyl (C=O) groups excluding carboxylic acids is 2. The van der Waals surface area contributed by atoms with Gasteiger partial charge in [-0.15, -0.1) is 0 Å². The van der Waals surface area contributed by atoms with E-state index in [2.05, 4.69) is 15.1 Å². The van der Waals surface area contributed by atoms with E-state index in [0.717, 1.165) is 68.3 Å². The minimum atomic E-state index is -0.369. The highest BCUT2D eigenvalue weighted by atomic mass is 35.5. The Kier molecular flexibility index (Phi) is 9.57. The van der Waals surface area contributed by atoms with Gasteiger partial charge in [0.15, 0.2) is 0 Å². The molecule has 0 aliphatic carbocycles. The lowest BCUT2D eigenvalue weighted by Gasteiger charge is -2.36. The topological polar surface area (TPSA) is 71.1 Å². The molecule has 1 fully saturated rings. The van der Waals surface area contributed by atoms with Gasteiger partial charge >= 0.3 is 5.97 Å². The lowest BCUT2D eigenvalue weighted by molar-refractivity contribution is -0.149. The summed E-state index contributed by atoms with van der Waals surface area (Å²) >= 11 is 12.5. The Balaban J connectivity index is 1.15. The summed E-state index contributed by atoms with van der Waals surface area (Å²) in [6.45, 7) is 9.16. The lowest BCUT2D eigenvalue weighted by Crippen LogP contribution is -2.46. The number of nitrogens with one attached hydrogen (secondary N) is 1. The molecule has 200 valence electrons. The van der Waals surface area contributed by atoms with Gasteiger partial charge in [-0.05, 0) is 49.6 Å². The van der Waals surface area contributed by atoms with E-state index in [0.29, 0.717) is 23.1 Å². The maximum absolute atomic E-state index is 12.5. The van der Waals surface area contributed by atoms with Crippen molar-refractivity contribution in [2.45, 2.75) is 33.1 Å². The maximum Gasteiger partial charge on any atom is 0.308 e. The van der Waals surface area contributed by atoms with Crippen molar-refractivity contribution in [1.29, 1.82) is 0 Å². The lowest BCUT2D eigenvalue weighted by atomic mass is 9.93. The number of anilines is 2. The standard InChI is InChI=1S/C28H35Cl2N3O4/c1-19(2)28(35)37-18-21-16-20-8-9-22(17-24(20)31-27(21)34)36-15-4-3-10-32-11-13-33(14-12-32)25-7-5-6-23(29)26(25)30/h5-9,17,19,21H,3-4,10-16,18H2,1-2H3,(H,31,34). The van der Waals surface area contributed by atoms with E-state index in [4.69, 9.17) is 32.7 Å². The Morgan fingerprint density at radius 1 is 1.11 bits per heavy atom. The Morgan fingerprint density at radius 2 is 1.89 bits per heavy atom. The quantitative estimate of drug-likeness (QED) is 0.322. The molecule has 1 saturated heterocycles. The van der Waals surface area contributed by atoms with Crippen molar-refractivity contribution in [2.75, 3.05) is 56.2 Å². The van der Waals surface area contributed by atoms with Gasteiger partial charge in [-0.25, -0.2) is 0 Å². The summed E-state index contributed by atoms with van der Waals surface area (Å²) < 4.78 is 11.2. The largest absolute Gasteiger partial charge is 0.494 e. The molecule has 2 heterocycles. The number of carbonyl (C=O) groups is 2. The van der Waals surface area contributed by atoms with Crippen LogP contribution in [0.1, 0.15) is 32.3 Å². The molecule has 2 aliphatic heterocycles. The van der Waals surface area contributed by atoms with Gasteiger partial charge in [-0.3, -0.25) is 14.5 Å². The molecular weight excluding hydrogens is 513 g/mol. The number of halogens is 2. The molecule has 7 nitrogen and oxygen atoms in total. The van der Waals surface area contributed by atoms with Crippen LogP contribution in [0.15, 0.2) is 36.4 Å². The number of hydrogen-bond donors (Lipinski definition) is 1. The summed E-state index contributed by atoms with van der Waals surface area (Å²) in [5.41, 5.74) is 2.80. The summed E-state index contributed by atoms with van der Waals surface area (Å²) in [7, 11) is 0. The number of amides is 1. The third-order valence-electron chi connectivity index (χ3n) is 6.86.